The number of rotatable bonds is 0. The Morgan fingerprint density at radius 2 is 2.27 bits per heavy atom. The first-order valence-corrected chi connectivity index (χ1v) is 3.46. The summed E-state index contributed by atoms with van der Waals surface area (Å²) in [6, 6.07) is -0.171. The maximum Gasteiger partial charge on any atom is 0.140 e. The molecule has 2 aliphatic rings. The molecule has 0 radical (unpaired) electrons. The van der Waals surface area contributed by atoms with Gasteiger partial charge in [-0.1, -0.05) is 0 Å². The second-order valence-corrected chi connectivity index (χ2v) is 2.82. The Bertz CT molecular complexity index is 133. The second-order valence-electron chi connectivity index (χ2n) is 2.82. The molecule has 0 saturated carbocycles. The van der Waals surface area contributed by atoms with E-state index in [-0.39, 0.29) is 25.1 Å². The summed E-state index contributed by atoms with van der Waals surface area (Å²) in [5.41, 5.74) is 0. The third kappa shape index (κ3) is 1.36. The van der Waals surface area contributed by atoms with Crippen LogP contribution in [-0.2, 0) is 4.74 Å². The van der Waals surface area contributed by atoms with E-state index in [1.54, 1.807) is 0 Å². The summed E-state index contributed by atoms with van der Waals surface area (Å²) >= 11 is 0. The Morgan fingerprint density at radius 1 is 1.55 bits per heavy atom. The van der Waals surface area contributed by atoms with Crippen LogP contribution >= 0.6 is 12.4 Å². The highest BCUT2D eigenvalue weighted by atomic mass is 35.5. The third-order valence-corrected chi connectivity index (χ3v) is 2.13. The van der Waals surface area contributed by atoms with Crippen LogP contribution in [-0.4, -0.2) is 42.7 Å². The van der Waals surface area contributed by atoms with Gasteiger partial charge in [0, 0.05) is 6.54 Å². The Labute approximate surface area is 70.3 Å². The quantitative estimate of drug-likeness (QED) is 0.531. The summed E-state index contributed by atoms with van der Waals surface area (Å²) < 4.78 is 17.8. The van der Waals surface area contributed by atoms with Crippen molar-refractivity contribution >= 4 is 12.4 Å². The zero-order chi connectivity index (χ0) is 7.14. The Balaban J connectivity index is 0.000000605. The highest BCUT2D eigenvalue weighted by molar-refractivity contribution is 5.85. The van der Waals surface area contributed by atoms with Gasteiger partial charge >= 0.3 is 0 Å². The fraction of sp³-hybridized carbons (Fsp3) is 1.00. The Hall–Kier alpha value is 0.1000. The predicted octanol–water partition coefficient (Wildman–Crippen LogP) is -0.522. The molecule has 2 fully saturated rings. The highest BCUT2D eigenvalue weighted by Crippen LogP contribution is 2.23. The van der Waals surface area contributed by atoms with E-state index in [2.05, 4.69) is 5.32 Å². The van der Waals surface area contributed by atoms with Crippen molar-refractivity contribution in [2.75, 3.05) is 13.2 Å². The molecule has 0 bridgehead atoms. The van der Waals surface area contributed by atoms with Crippen molar-refractivity contribution in [3.8, 4) is 0 Å². The molecule has 0 spiro atoms. The molecule has 0 aromatic heterocycles. The molecule has 2 rings (SSSR count). The molecule has 3 nitrogen and oxygen atoms in total. The van der Waals surface area contributed by atoms with E-state index in [1.807, 2.05) is 0 Å². The van der Waals surface area contributed by atoms with Crippen molar-refractivity contribution in [1.29, 1.82) is 0 Å². The smallest absolute Gasteiger partial charge is 0.140 e. The number of ether oxygens (including phenoxy) is 1. The minimum Gasteiger partial charge on any atom is -0.389 e. The normalized spacial score (nSPS) is 48.5. The van der Waals surface area contributed by atoms with Crippen LogP contribution in [0.25, 0.3) is 0 Å². The first-order chi connectivity index (χ1) is 4.79. The van der Waals surface area contributed by atoms with Gasteiger partial charge in [0.1, 0.15) is 12.3 Å². The van der Waals surface area contributed by atoms with E-state index in [0.717, 1.165) is 0 Å². The Kier molecular flexibility index (Phi) is 2.70. The fourth-order valence-electron chi connectivity index (χ4n) is 1.58. The highest BCUT2D eigenvalue weighted by Gasteiger charge is 2.45. The first-order valence-electron chi connectivity index (χ1n) is 3.46. The summed E-state index contributed by atoms with van der Waals surface area (Å²) in [5, 5.41) is 12.0. The average molecular weight is 184 g/mol. The fourth-order valence-corrected chi connectivity index (χ4v) is 1.58. The average Bonchev–Trinajstić information content (AvgIpc) is 2.41. The van der Waals surface area contributed by atoms with Crippen molar-refractivity contribution in [2.45, 2.75) is 24.4 Å². The molecule has 0 aromatic carbocycles. The number of aliphatic hydroxyl groups excluding tert-OH is 1. The molecule has 2 aliphatic heterocycles. The van der Waals surface area contributed by atoms with Crippen LogP contribution in [0, 0.1) is 0 Å². The molecule has 2 N–H and O–H groups in total. The van der Waals surface area contributed by atoms with E-state index in [9.17, 15) is 4.39 Å². The number of fused-ring (bicyclic) bond motifs is 1. The summed E-state index contributed by atoms with van der Waals surface area (Å²) in [6.07, 6.45) is -1.87. The van der Waals surface area contributed by atoms with E-state index in [1.165, 1.54) is 0 Å². The molecule has 2 saturated heterocycles. The minimum absolute atomic E-state index is 0. The summed E-state index contributed by atoms with van der Waals surface area (Å²) in [4.78, 5) is 0. The molecule has 0 amide bonds. The SMILES string of the molecule is Cl.O[C@H]1CO[C@H]2[C@@H]1NC[C@@H]2F. The zero-order valence-corrected chi connectivity index (χ0v) is 6.68. The van der Waals surface area contributed by atoms with Crippen LogP contribution in [0.15, 0.2) is 0 Å². The lowest BCUT2D eigenvalue weighted by molar-refractivity contribution is 0.0496. The molecule has 0 unspecified atom stereocenters. The number of nitrogens with one attached hydrogen (secondary N) is 1. The van der Waals surface area contributed by atoms with Gasteiger partial charge in [-0.3, -0.25) is 0 Å². The van der Waals surface area contributed by atoms with Crippen LogP contribution in [0.3, 0.4) is 0 Å². The van der Waals surface area contributed by atoms with Gasteiger partial charge in [-0.2, -0.15) is 0 Å². The summed E-state index contributed by atoms with van der Waals surface area (Å²) in [7, 11) is 0. The van der Waals surface area contributed by atoms with Gasteiger partial charge in [0.05, 0.1) is 18.8 Å². The van der Waals surface area contributed by atoms with Gasteiger partial charge < -0.3 is 15.2 Å². The topological polar surface area (TPSA) is 41.5 Å². The molecular weight excluding hydrogens is 173 g/mol. The molecule has 2 heterocycles. The number of hydrogen-bond donors (Lipinski definition) is 2. The van der Waals surface area contributed by atoms with Gasteiger partial charge in [-0.05, 0) is 0 Å². The van der Waals surface area contributed by atoms with Crippen LogP contribution in [0.5, 0.6) is 0 Å². The minimum atomic E-state index is -0.942. The molecule has 5 heteroatoms. The summed E-state index contributed by atoms with van der Waals surface area (Å²) in [5.74, 6) is 0. The lowest BCUT2D eigenvalue weighted by atomic mass is 10.1. The van der Waals surface area contributed by atoms with Crippen LogP contribution in [0.4, 0.5) is 4.39 Å². The molecular formula is C6H11ClFNO2. The van der Waals surface area contributed by atoms with E-state index >= 15 is 0 Å². The van der Waals surface area contributed by atoms with Crippen molar-refractivity contribution in [2.24, 2.45) is 0 Å². The van der Waals surface area contributed by atoms with E-state index in [0.29, 0.717) is 6.54 Å². The number of alkyl halides is 1. The van der Waals surface area contributed by atoms with Crippen molar-refractivity contribution in [3.63, 3.8) is 0 Å². The first kappa shape index (κ1) is 9.19. The third-order valence-electron chi connectivity index (χ3n) is 2.13. The maximum absolute atomic E-state index is 12.8. The summed E-state index contributed by atoms with van der Waals surface area (Å²) in [6.45, 7) is 0.579. The van der Waals surface area contributed by atoms with Crippen molar-refractivity contribution in [3.05, 3.63) is 0 Å². The molecule has 0 aliphatic carbocycles. The van der Waals surface area contributed by atoms with Gasteiger partial charge in [0.25, 0.3) is 0 Å². The van der Waals surface area contributed by atoms with Gasteiger partial charge in [0.15, 0.2) is 0 Å². The molecule has 11 heavy (non-hydrogen) atoms. The number of aliphatic hydroxyl groups is 1. The largest absolute Gasteiger partial charge is 0.389 e. The van der Waals surface area contributed by atoms with Gasteiger partial charge in [0.2, 0.25) is 0 Å². The molecule has 0 aromatic rings. The van der Waals surface area contributed by atoms with Crippen molar-refractivity contribution < 1.29 is 14.2 Å². The zero-order valence-electron chi connectivity index (χ0n) is 5.87. The Morgan fingerprint density at radius 3 is 2.91 bits per heavy atom. The van der Waals surface area contributed by atoms with E-state index < -0.39 is 18.4 Å². The second kappa shape index (κ2) is 3.23. The van der Waals surface area contributed by atoms with Crippen LogP contribution in [0.1, 0.15) is 0 Å². The lowest BCUT2D eigenvalue weighted by Crippen LogP contribution is -2.36. The standard InChI is InChI=1S/C6H10FNO2.ClH/c7-3-1-8-5-4(9)2-10-6(3)5;/h3-6,8-9H,1-2H2;1H/t3-,4-,5+,6+;/m0./s1. The van der Waals surface area contributed by atoms with E-state index in [4.69, 9.17) is 9.84 Å². The molecule has 4 atom stereocenters. The number of halogens is 2. The maximum atomic E-state index is 12.8. The monoisotopic (exact) mass is 183 g/mol. The van der Waals surface area contributed by atoms with Gasteiger partial charge in [-0.15, -0.1) is 12.4 Å². The van der Waals surface area contributed by atoms with Crippen molar-refractivity contribution in [1.82, 2.24) is 5.32 Å². The van der Waals surface area contributed by atoms with Crippen LogP contribution in [0.2, 0.25) is 0 Å². The number of hydrogen-bond acceptors (Lipinski definition) is 3. The predicted molar refractivity (Wildman–Crippen MR) is 39.7 cm³/mol. The molecule has 66 valence electrons. The van der Waals surface area contributed by atoms with Gasteiger partial charge in [-0.25, -0.2) is 4.39 Å². The lowest BCUT2D eigenvalue weighted by Gasteiger charge is -2.09. The van der Waals surface area contributed by atoms with Crippen LogP contribution < -0.4 is 5.32 Å².